The normalized spacial score (nSPS) is 16.5. The fourth-order valence-electron chi connectivity index (χ4n) is 5.19. The van der Waals surface area contributed by atoms with Gasteiger partial charge in [0.2, 0.25) is 0 Å². The highest BCUT2D eigenvalue weighted by molar-refractivity contribution is 5.89. The Hall–Kier alpha value is -3.49. The van der Waals surface area contributed by atoms with Crippen molar-refractivity contribution in [3.63, 3.8) is 0 Å². The van der Waals surface area contributed by atoms with E-state index < -0.39 is 5.60 Å². The van der Waals surface area contributed by atoms with Gasteiger partial charge in [-0.2, -0.15) is 0 Å². The molecule has 1 saturated heterocycles. The Morgan fingerprint density at radius 1 is 1.08 bits per heavy atom. The first-order valence-corrected chi connectivity index (χ1v) is 13.5. The molecule has 0 saturated carbocycles. The van der Waals surface area contributed by atoms with Gasteiger partial charge in [-0.3, -0.25) is 4.98 Å². The predicted molar refractivity (Wildman–Crippen MR) is 154 cm³/mol. The molecule has 1 atom stereocenters. The zero-order valence-electron chi connectivity index (χ0n) is 24.2. The van der Waals surface area contributed by atoms with Gasteiger partial charge in [-0.25, -0.2) is 9.78 Å². The van der Waals surface area contributed by atoms with Gasteiger partial charge in [0.05, 0.1) is 23.4 Å². The van der Waals surface area contributed by atoms with Crippen LogP contribution in [0.2, 0.25) is 0 Å². The number of hydrogen-bond acceptors (Lipinski definition) is 6. The highest BCUT2D eigenvalue weighted by atomic mass is 16.6. The molecular weight excluding hydrogens is 490 g/mol. The number of aromatic nitrogens is 3. The minimum Gasteiger partial charge on any atom is -0.444 e. The van der Waals surface area contributed by atoms with Gasteiger partial charge in [-0.15, -0.1) is 0 Å². The maximum Gasteiger partial charge on any atom is 0.410 e. The average molecular weight is 532 g/mol. The maximum absolute atomic E-state index is 11.7. The fourth-order valence-corrected chi connectivity index (χ4v) is 5.19. The summed E-state index contributed by atoms with van der Waals surface area (Å²) in [5.41, 5.74) is 6.49. The molecule has 2 N–H and O–H groups in total. The van der Waals surface area contributed by atoms with Gasteiger partial charge in [0, 0.05) is 45.8 Å². The summed E-state index contributed by atoms with van der Waals surface area (Å²) in [4.78, 5) is 22.2. The third kappa shape index (κ3) is 6.57. The van der Waals surface area contributed by atoms with E-state index >= 15 is 0 Å². The number of amides is 1. The molecule has 1 fully saturated rings. The number of fused-ring (bicyclic) bond motifs is 2. The molecule has 5 rings (SSSR count). The largest absolute Gasteiger partial charge is 0.444 e. The molecule has 39 heavy (non-hydrogen) atoms. The summed E-state index contributed by atoms with van der Waals surface area (Å²) in [5.74, 6) is 0. The molecule has 2 aliphatic rings. The summed E-state index contributed by atoms with van der Waals surface area (Å²) < 4.78 is 7.14. The summed E-state index contributed by atoms with van der Waals surface area (Å²) in [6.07, 6.45) is 6.22. The lowest BCUT2D eigenvalue weighted by Crippen LogP contribution is -2.48. The van der Waals surface area contributed by atoms with Gasteiger partial charge >= 0.3 is 6.09 Å². The number of hydrogen-bond donors (Lipinski definition) is 2. The van der Waals surface area contributed by atoms with Crippen molar-refractivity contribution < 1.29 is 14.6 Å². The van der Waals surface area contributed by atoms with Crippen molar-refractivity contribution in [1.82, 2.24) is 24.8 Å². The molecule has 3 aromatic rings. The molecule has 2 aromatic heterocycles. The van der Waals surface area contributed by atoms with Crippen LogP contribution in [0.4, 0.5) is 4.79 Å². The summed E-state index contributed by atoms with van der Waals surface area (Å²) in [6.45, 7) is 14.7. The van der Waals surface area contributed by atoms with Crippen LogP contribution in [0.5, 0.6) is 0 Å². The number of benzene rings is 1. The first-order chi connectivity index (χ1) is 18.4. The first kappa shape index (κ1) is 28.5. The topological polar surface area (TPSA) is 92.5 Å². The lowest BCUT2D eigenvalue weighted by atomic mass is 9.83. The van der Waals surface area contributed by atoms with Gasteiger partial charge in [-0.05, 0) is 75.9 Å². The lowest BCUT2D eigenvalue weighted by Gasteiger charge is -2.30. The van der Waals surface area contributed by atoms with E-state index in [-0.39, 0.29) is 11.7 Å². The molecular formula is C31H41N5O3. The minimum atomic E-state index is -1.17. The van der Waals surface area contributed by atoms with Crippen LogP contribution in [0.1, 0.15) is 67.0 Å². The quantitative estimate of drug-likeness (QED) is 0.502. The van der Waals surface area contributed by atoms with Crippen molar-refractivity contribution in [2.45, 2.75) is 59.2 Å². The number of pyridine rings is 1. The maximum atomic E-state index is 11.7. The number of ether oxygens (including phenoxy) is 1. The van der Waals surface area contributed by atoms with Crippen molar-refractivity contribution in [2.24, 2.45) is 7.05 Å². The van der Waals surface area contributed by atoms with E-state index in [1.165, 1.54) is 11.1 Å². The highest BCUT2D eigenvalue weighted by Gasteiger charge is 2.36. The number of aliphatic hydroxyl groups is 1. The van der Waals surface area contributed by atoms with Crippen LogP contribution >= 0.6 is 0 Å². The average Bonchev–Trinajstić information content (AvgIpc) is 3.13. The number of aryl methyl sites for hydroxylation is 3. The fraction of sp³-hybridized carbons (Fsp3) is 0.452. The zero-order chi connectivity index (χ0) is 28.4. The summed E-state index contributed by atoms with van der Waals surface area (Å²) in [7, 11) is 1.92. The molecule has 3 heterocycles. The second-order valence-electron chi connectivity index (χ2n) is 11.5. The summed E-state index contributed by atoms with van der Waals surface area (Å²) in [6, 6.07) is 10.4. The Morgan fingerprint density at radius 3 is 2.44 bits per heavy atom. The van der Waals surface area contributed by atoms with Crippen molar-refractivity contribution in [3.8, 4) is 0 Å². The van der Waals surface area contributed by atoms with Crippen molar-refractivity contribution in [2.75, 3.05) is 26.2 Å². The second kappa shape index (κ2) is 11.3. The number of carbonyl (C=O) groups is 1. The SMILES string of the molecule is CC(C)(C)OC(=O)N1CCNCC1.Cc1ccc2c(c1)C(C(C)(O)c1c(C)ncn1C)=Cc1cccnc1C2. The van der Waals surface area contributed by atoms with E-state index in [1.807, 2.05) is 58.5 Å². The number of imidazole rings is 1. The molecule has 1 unspecified atom stereocenters. The van der Waals surface area contributed by atoms with Crippen LogP contribution in [0, 0.1) is 13.8 Å². The van der Waals surface area contributed by atoms with E-state index in [0.29, 0.717) is 0 Å². The smallest absolute Gasteiger partial charge is 0.410 e. The molecule has 8 heteroatoms. The van der Waals surface area contributed by atoms with Crippen LogP contribution in [-0.4, -0.2) is 62.4 Å². The Bertz CT molecular complexity index is 1340. The molecule has 8 nitrogen and oxygen atoms in total. The van der Waals surface area contributed by atoms with E-state index in [2.05, 4.69) is 52.5 Å². The molecule has 0 spiro atoms. The van der Waals surface area contributed by atoms with Gasteiger partial charge in [0.1, 0.15) is 11.2 Å². The van der Waals surface area contributed by atoms with Crippen LogP contribution in [0.3, 0.4) is 0 Å². The lowest BCUT2D eigenvalue weighted by molar-refractivity contribution is 0.0229. The summed E-state index contributed by atoms with van der Waals surface area (Å²) in [5, 5.41) is 14.9. The number of nitrogens with zero attached hydrogens (tertiary/aromatic N) is 4. The van der Waals surface area contributed by atoms with Crippen LogP contribution in [0.25, 0.3) is 11.6 Å². The van der Waals surface area contributed by atoms with Crippen LogP contribution < -0.4 is 5.32 Å². The van der Waals surface area contributed by atoms with Gasteiger partial charge in [-0.1, -0.05) is 29.8 Å². The number of carbonyl (C=O) groups excluding carboxylic acids is 1. The van der Waals surface area contributed by atoms with E-state index in [0.717, 1.165) is 66.4 Å². The monoisotopic (exact) mass is 531 g/mol. The Kier molecular flexibility index (Phi) is 8.28. The molecule has 1 amide bonds. The molecule has 208 valence electrons. The molecule has 1 aliphatic carbocycles. The van der Waals surface area contributed by atoms with E-state index in [4.69, 9.17) is 4.74 Å². The van der Waals surface area contributed by atoms with Crippen LogP contribution in [-0.2, 0) is 23.8 Å². The minimum absolute atomic E-state index is 0.200. The van der Waals surface area contributed by atoms with E-state index in [9.17, 15) is 9.90 Å². The zero-order valence-corrected chi connectivity index (χ0v) is 24.2. The van der Waals surface area contributed by atoms with Gasteiger partial charge in [0.25, 0.3) is 0 Å². The Labute approximate surface area is 231 Å². The highest BCUT2D eigenvalue weighted by Crippen LogP contribution is 2.42. The predicted octanol–water partition coefficient (Wildman–Crippen LogP) is 4.61. The van der Waals surface area contributed by atoms with Crippen LogP contribution in [0.15, 0.2) is 42.9 Å². The molecule has 1 aliphatic heterocycles. The number of nitrogens with one attached hydrogen (secondary N) is 1. The number of rotatable bonds is 2. The van der Waals surface area contributed by atoms with Crippen molar-refractivity contribution in [1.29, 1.82) is 0 Å². The molecule has 0 radical (unpaired) electrons. The second-order valence-corrected chi connectivity index (χ2v) is 11.5. The van der Waals surface area contributed by atoms with Crippen molar-refractivity contribution >= 4 is 17.7 Å². The molecule has 0 bridgehead atoms. The standard InChI is InChI=1S/C22H23N3O.C9H18N2O2/c1-14-7-8-16-12-20-17(6-5-9-23-20)11-19(18(16)10-14)22(3,26)21-15(2)24-13-25(21)4;1-9(2,3)13-8(12)11-6-4-10-5-7-11/h5-11,13,26H,12H2,1-4H3;10H,4-7H2,1-3H3. The molecule has 1 aromatic carbocycles. The Morgan fingerprint density at radius 2 is 1.79 bits per heavy atom. The van der Waals surface area contributed by atoms with Gasteiger partial charge in [0.15, 0.2) is 0 Å². The Balaban J connectivity index is 0.000000229. The first-order valence-electron chi connectivity index (χ1n) is 13.5. The summed E-state index contributed by atoms with van der Waals surface area (Å²) >= 11 is 0. The van der Waals surface area contributed by atoms with Crippen molar-refractivity contribution in [3.05, 3.63) is 82.2 Å². The number of piperazine rings is 1. The third-order valence-corrected chi connectivity index (χ3v) is 7.01. The van der Waals surface area contributed by atoms with Gasteiger partial charge < -0.3 is 24.6 Å². The van der Waals surface area contributed by atoms with E-state index in [1.54, 1.807) is 11.2 Å². The third-order valence-electron chi connectivity index (χ3n) is 7.01.